The summed E-state index contributed by atoms with van der Waals surface area (Å²) in [5.74, 6) is -0.216. The highest BCUT2D eigenvalue weighted by Crippen LogP contribution is 2.27. The summed E-state index contributed by atoms with van der Waals surface area (Å²) in [5.41, 5.74) is 2.02. The molecule has 4 rings (SSSR count). The lowest BCUT2D eigenvalue weighted by molar-refractivity contribution is 0.0996. The molecule has 2 heterocycles. The number of furan rings is 1. The molecule has 0 atom stereocenters. The molecule has 7 nitrogen and oxygen atoms in total. The highest BCUT2D eigenvalue weighted by atomic mass is 35.5. The second kappa shape index (κ2) is 9.32. The van der Waals surface area contributed by atoms with Crippen LogP contribution >= 0.6 is 23.2 Å². The van der Waals surface area contributed by atoms with Gasteiger partial charge in [0, 0.05) is 42.6 Å². The van der Waals surface area contributed by atoms with E-state index in [-0.39, 0.29) is 11.8 Å². The van der Waals surface area contributed by atoms with E-state index in [4.69, 9.17) is 27.6 Å². The van der Waals surface area contributed by atoms with Crippen molar-refractivity contribution < 1.29 is 14.0 Å². The minimum Gasteiger partial charge on any atom is -0.459 e. The summed E-state index contributed by atoms with van der Waals surface area (Å²) in [4.78, 5) is 28.7. The first-order chi connectivity index (χ1) is 15.0. The van der Waals surface area contributed by atoms with E-state index in [0.29, 0.717) is 47.6 Å². The van der Waals surface area contributed by atoms with Crippen LogP contribution in [0.25, 0.3) is 0 Å². The maximum absolute atomic E-state index is 12.6. The van der Waals surface area contributed by atoms with Crippen molar-refractivity contribution in [1.82, 2.24) is 4.90 Å². The van der Waals surface area contributed by atoms with Gasteiger partial charge >= 0.3 is 6.03 Å². The van der Waals surface area contributed by atoms with Gasteiger partial charge in [-0.3, -0.25) is 4.79 Å². The van der Waals surface area contributed by atoms with Gasteiger partial charge < -0.3 is 24.9 Å². The second-order valence-corrected chi connectivity index (χ2v) is 7.85. The molecule has 0 radical (unpaired) electrons. The van der Waals surface area contributed by atoms with Crippen molar-refractivity contribution in [2.45, 2.75) is 0 Å². The molecule has 0 unspecified atom stereocenters. The normalized spacial score (nSPS) is 13.7. The quantitative estimate of drug-likeness (QED) is 0.563. The first kappa shape index (κ1) is 21.1. The molecule has 0 saturated carbocycles. The third-order valence-corrected chi connectivity index (χ3v) is 5.50. The number of rotatable bonds is 4. The van der Waals surface area contributed by atoms with E-state index in [1.165, 1.54) is 6.26 Å². The lowest BCUT2D eigenvalue weighted by Gasteiger charge is -2.36. The zero-order valence-electron chi connectivity index (χ0n) is 16.5. The van der Waals surface area contributed by atoms with Crippen molar-refractivity contribution in [2.75, 3.05) is 41.7 Å². The van der Waals surface area contributed by atoms with Crippen molar-refractivity contribution in [3.8, 4) is 0 Å². The van der Waals surface area contributed by atoms with Gasteiger partial charge in [-0.15, -0.1) is 0 Å². The van der Waals surface area contributed by atoms with E-state index in [1.54, 1.807) is 35.2 Å². The number of hydrogen-bond donors (Lipinski definition) is 2. The van der Waals surface area contributed by atoms with Crippen molar-refractivity contribution in [3.63, 3.8) is 0 Å². The van der Waals surface area contributed by atoms with Crippen molar-refractivity contribution in [2.24, 2.45) is 0 Å². The fraction of sp³-hybridized carbons (Fsp3) is 0.182. The molecular formula is C22H20Cl2N4O3. The average molecular weight is 459 g/mol. The zero-order valence-corrected chi connectivity index (χ0v) is 18.0. The summed E-state index contributed by atoms with van der Waals surface area (Å²) in [6.07, 6.45) is 1.42. The first-order valence-corrected chi connectivity index (χ1v) is 10.5. The van der Waals surface area contributed by atoms with Crippen LogP contribution in [0.1, 0.15) is 10.6 Å². The molecule has 3 aromatic rings. The number of benzene rings is 2. The molecule has 1 aromatic heterocycles. The third-order valence-electron chi connectivity index (χ3n) is 4.95. The smallest absolute Gasteiger partial charge is 0.321 e. The molecule has 160 valence electrons. The second-order valence-electron chi connectivity index (χ2n) is 7.01. The Morgan fingerprint density at radius 1 is 0.903 bits per heavy atom. The molecule has 0 bridgehead atoms. The summed E-state index contributed by atoms with van der Waals surface area (Å²) in [6, 6.07) is 15.6. The van der Waals surface area contributed by atoms with E-state index < -0.39 is 5.91 Å². The molecule has 2 aromatic carbocycles. The molecule has 0 spiro atoms. The lowest BCUT2D eigenvalue weighted by Crippen LogP contribution is -2.50. The van der Waals surface area contributed by atoms with Crippen LogP contribution in [0.4, 0.5) is 21.9 Å². The molecule has 3 amide bonds. The van der Waals surface area contributed by atoms with Crippen LogP contribution in [0.15, 0.2) is 65.3 Å². The molecule has 1 aliphatic heterocycles. The minimum atomic E-state index is -0.402. The van der Waals surface area contributed by atoms with Crippen LogP contribution in [-0.4, -0.2) is 43.0 Å². The molecule has 1 aliphatic rings. The Morgan fingerprint density at radius 2 is 1.71 bits per heavy atom. The Kier molecular flexibility index (Phi) is 6.34. The number of carbonyl (C=O) groups is 2. The fourth-order valence-corrected chi connectivity index (χ4v) is 3.74. The summed E-state index contributed by atoms with van der Waals surface area (Å²) >= 11 is 12.3. The highest BCUT2D eigenvalue weighted by molar-refractivity contribution is 6.34. The number of halogens is 2. The summed E-state index contributed by atoms with van der Waals surface area (Å²) in [6.45, 7) is 2.60. The molecule has 9 heteroatoms. The van der Waals surface area contributed by atoms with E-state index >= 15 is 0 Å². The minimum absolute atomic E-state index is 0.186. The van der Waals surface area contributed by atoms with Crippen LogP contribution in [0.5, 0.6) is 0 Å². The molecule has 0 aliphatic carbocycles. The van der Waals surface area contributed by atoms with Gasteiger partial charge in [0.1, 0.15) is 0 Å². The van der Waals surface area contributed by atoms with Crippen molar-refractivity contribution in [3.05, 3.63) is 76.7 Å². The van der Waals surface area contributed by atoms with Gasteiger partial charge in [0.15, 0.2) is 5.76 Å². The average Bonchev–Trinajstić information content (AvgIpc) is 3.31. The number of nitrogens with one attached hydrogen (secondary N) is 2. The molecular weight excluding hydrogens is 439 g/mol. The molecule has 31 heavy (non-hydrogen) atoms. The van der Waals surface area contributed by atoms with Crippen LogP contribution in [0.2, 0.25) is 10.0 Å². The molecule has 1 saturated heterocycles. The SMILES string of the molecule is O=C(Nc1ccc(NC(=O)N2CCN(c3cccc(Cl)c3)CC2)cc1Cl)c1ccco1. The van der Waals surface area contributed by atoms with E-state index in [0.717, 1.165) is 5.69 Å². The Labute approximate surface area is 189 Å². The molecule has 2 N–H and O–H groups in total. The van der Waals surface area contributed by atoms with Crippen molar-refractivity contribution in [1.29, 1.82) is 0 Å². The predicted molar refractivity (Wildman–Crippen MR) is 122 cm³/mol. The Hall–Kier alpha value is -3.16. The number of anilines is 3. The third kappa shape index (κ3) is 5.13. The van der Waals surface area contributed by atoms with Crippen molar-refractivity contribution >= 4 is 52.2 Å². The Bertz CT molecular complexity index is 1080. The summed E-state index contributed by atoms with van der Waals surface area (Å²) in [5, 5.41) is 6.54. The van der Waals surface area contributed by atoms with Gasteiger partial charge in [-0.05, 0) is 48.5 Å². The Balaban J connectivity index is 1.32. The van der Waals surface area contributed by atoms with Crippen LogP contribution in [0.3, 0.4) is 0 Å². The number of amides is 3. The van der Waals surface area contributed by atoms with Crippen LogP contribution in [0, 0.1) is 0 Å². The lowest BCUT2D eigenvalue weighted by atomic mass is 10.2. The van der Waals surface area contributed by atoms with Gasteiger partial charge in [-0.1, -0.05) is 29.3 Å². The maximum Gasteiger partial charge on any atom is 0.321 e. The van der Waals surface area contributed by atoms with Crippen LogP contribution in [-0.2, 0) is 0 Å². The van der Waals surface area contributed by atoms with Gasteiger partial charge in [0.25, 0.3) is 5.91 Å². The monoisotopic (exact) mass is 458 g/mol. The van der Waals surface area contributed by atoms with E-state index in [9.17, 15) is 9.59 Å². The topological polar surface area (TPSA) is 77.8 Å². The van der Waals surface area contributed by atoms with Gasteiger partial charge in [0.2, 0.25) is 0 Å². The Morgan fingerprint density at radius 3 is 2.39 bits per heavy atom. The maximum atomic E-state index is 12.6. The number of urea groups is 1. The van der Waals surface area contributed by atoms with Gasteiger partial charge in [-0.25, -0.2) is 4.79 Å². The summed E-state index contributed by atoms with van der Waals surface area (Å²) in [7, 11) is 0. The fourth-order valence-electron chi connectivity index (χ4n) is 3.33. The van der Waals surface area contributed by atoms with Gasteiger partial charge in [0.05, 0.1) is 17.0 Å². The summed E-state index contributed by atoms with van der Waals surface area (Å²) < 4.78 is 5.06. The predicted octanol–water partition coefficient (Wildman–Crippen LogP) is 5.19. The van der Waals surface area contributed by atoms with E-state index in [1.807, 2.05) is 24.3 Å². The number of carbonyl (C=O) groups excluding carboxylic acids is 2. The van der Waals surface area contributed by atoms with Gasteiger partial charge in [-0.2, -0.15) is 0 Å². The number of piperazine rings is 1. The van der Waals surface area contributed by atoms with Crippen LogP contribution < -0.4 is 15.5 Å². The first-order valence-electron chi connectivity index (χ1n) is 9.70. The molecule has 1 fully saturated rings. The van der Waals surface area contributed by atoms with E-state index in [2.05, 4.69) is 15.5 Å². The number of hydrogen-bond acceptors (Lipinski definition) is 4. The number of nitrogens with zero attached hydrogens (tertiary/aromatic N) is 2. The highest BCUT2D eigenvalue weighted by Gasteiger charge is 2.22. The zero-order chi connectivity index (χ0) is 21.8. The largest absolute Gasteiger partial charge is 0.459 e. The standard InChI is InChI=1S/C22H20Cl2N4O3/c23-15-3-1-4-17(13-15)27-8-10-28(11-9-27)22(30)25-16-6-7-19(18(24)14-16)26-21(29)20-5-2-12-31-20/h1-7,12-14H,8-11H2,(H,25,30)(H,26,29).